The standard InChI is InChI=1S/C48H43N3O5S2/c1-3-56-48(55)42-39-27-22-31(2)28-41(39)58-47(42)51-46(54)43(35-16-9-5-10-17-35)57-38-21-13-20-37(30-38)49-45(53)40(50-44(52)36-18-11-6-12-19-36)29-32-23-25-34(26-24-32)33-14-7-4-8-15-33/h4-21,23-26,29-31,43H,3,22,27-28H2,1-2H3,(H,49,53)(H,50,52)(H,51,54)/b40-29+. The van der Waals surface area contributed by atoms with Crippen molar-refractivity contribution in [2.24, 2.45) is 5.92 Å². The summed E-state index contributed by atoms with van der Waals surface area (Å²) in [6.45, 7) is 4.21. The molecule has 292 valence electrons. The molecule has 8 nitrogen and oxygen atoms in total. The molecule has 0 aliphatic heterocycles. The Bertz CT molecular complexity index is 2430. The van der Waals surface area contributed by atoms with Crippen LogP contribution < -0.4 is 16.0 Å². The summed E-state index contributed by atoms with van der Waals surface area (Å²) >= 11 is 2.79. The number of ether oxygens (including phenoxy) is 1. The highest BCUT2D eigenvalue weighted by Crippen LogP contribution is 2.42. The zero-order chi connectivity index (χ0) is 40.4. The van der Waals surface area contributed by atoms with Gasteiger partial charge in [-0.25, -0.2) is 4.79 Å². The quantitative estimate of drug-likeness (QED) is 0.0609. The van der Waals surface area contributed by atoms with Crippen molar-refractivity contribution in [3.8, 4) is 11.1 Å². The van der Waals surface area contributed by atoms with E-state index in [4.69, 9.17) is 4.74 Å². The molecule has 58 heavy (non-hydrogen) atoms. The summed E-state index contributed by atoms with van der Waals surface area (Å²) in [6, 6.07) is 43.2. The second-order valence-electron chi connectivity index (χ2n) is 14.0. The van der Waals surface area contributed by atoms with Gasteiger partial charge < -0.3 is 20.7 Å². The molecule has 1 heterocycles. The van der Waals surface area contributed by atoms with Crippen LogP contribution in [0.25, 0.3) is 17.2 Å². The zero-order valence-electron chi connectivity index (χ0n) is 32.2. The number of carbonyl (C=O) groups is 4. The van der Waals surface area contributed by atoms with Gasteiger partial charge in [0.2, 0.25) is 5.91 Å². The molecule has 0 saturated heterocycles. The van der Waals surface area contributed by atoms with Gasteiger partial charge in [0.1, 0.15) is 15.9 Å². The summed E-state index contributed by atoms with van der Waals surface area (Å²) in [4.78, 5) is 56.6. The highest BCUT2D eigenvalue weighted by molar-refractivity contribution is 8.00. The van der Waals surface area contributed by atoms with Crippen LogP contribution in [-0.2, 0) is 27.2 Å². The number of thioether (sulfide) groups is 1. The number of amides is 3. The van der Waals surface area contributed by atoms with E-state index in [1.807, 2.05) is 97.1 Å². The number of carbonyl (C=O) groups excluding carboxylic acids is 4. The van der Waals surface area contributed by atoms with Crippen molar-refractivity contribution in [3.05, 3.63) is 178 Å². The topological polar surface area (TPSA) is 114 Å². The Balaban J connectivity index is 1.13. The summed E-state index contributed by atoms with van der Waals surface area (Å²) in [5, 5.41) is 8.70. The van der Waals surface area contributed by atoms with Crippen LogP contribution in [0.4, 0.5) is 10.7 Å². The SMILES string of the molecule is CCOC(=O)c1c(NC(=O)C(Sc2cccc(NC(=O)/C(=C\c3ccc(-c4ccccc4)cc3)NC(=O)c3ccccc3)c2)c2ccccc2)sc2c1CCC(C)C2. The number of rotatable bonds is 13. The van der Waals surface area contributed by atoms with Crippen molar-refractivity contribution < 1.29 is 23.9 Å². The van der Waals surface area contributed by atoms with E-state index in [1.54, 1.807) is 55.5 Å². The number of nitrogens with one attached hydrogen (secondary N) is 3. The minimum atomic E-state index is -0.695. The van der Waals surface area contributed by atoms with Crippen molar-refractivity contribution >= 4 is 63.6 Å². The predicted octanol–water partition coefficient (Wildman–Crippen LogP) is 10.6. The highest BCUT2D eigenvalue weighted by Gasteiger charge is 2.31. The Labute approximate surface area is 346 Å². The van der Waals surface area contributed by atoms with E-state index in [2.05, 4.69) is 22.9 Å². The average Bonchev–Trinajstić information content (AvgIpc) is 3.60. The van der Waals surface area contributed by atoms with E-state index in [1.165, 1.54) is 23.1 Å². The van der Waals surface area contributed by atoms with Crippen molar-refractivity contribution in [3.63, 3.8) is 0 Å². The minimum absolute atomic E-state index is 0.0614. The van der Waals surface area contributed by atoms with E-state index in [9.17, 15) is 19.2 Å². The summed E-state index contributed by atoms with van der Waals surface area (Å²) < 4.78 is 5.45. The second-order valence-corrected chi connectivity index (χ2v) is 16.3. The van der Waals surface area contributed by atoms with Crippen LogP contribution in [0, 0.1) is 5.92 Å². The first-order valence-corrected chi connectivity index (χ1v) is 20.9. The summed E-state index contributed by atoms with van der Waals surface area (Å²) in [5.74, 6) is -1.15. The molecule has 0 spiro atoms. The van der Waals surface area contributed by atoms with Gasteiger partial charge >= 0.3 is 5.97 Å². The lowest BCUT2D eigenvalue weighted by molar-refractivity contribution is -0.116. The lowest BCUT2D eigenvalue weighted by Crippen LogP contribution is -2.30. The fourth-order valence-corrected chi connectivity index (χ4v) is 9.31. The molecule has 1 aliphatic carbocycles. The van der Waals surface area contributed by atoms with Gasteiger partial charge in [-0.3, -0.25) is 14.4 Å². The molecular weight excluding hydrogens is 763 g/mol. The van der Waals surface area contributed by atoms with Crippen LogP contribution in [0.2, 0.25) is 0 Å². The second kappa shape index (κ2) is 18.8. The van der Waals surface area contributed by atoms with Crippen LogP contribution in [0.1, 0.15) is 67.8 Å². The summed E-state index contributed by atoms with van der Waals surface area (Å²) in [5.41, 5.74) is 5.98. The van der Waals surface area contributed by atoms with E-state index >= 15 is 0 Å². The third-order valence-corrected chi connectivity index (χ3v) is 12.2. The Morgan fingerprint density at radius 3 is 2.19 bits per heavy atom. The number of hydrogen-bond donors (Lipinski definition) is 3. The first kappa shape index (κ1) is 40.0. The third-order valence-electron chi connectivity index (χ3n) is 9.77. The van der Waals surface area contributed by atoms with Crippen molar-refractivity contribution in [1.82, 2.24) is 5.32 Å². The monoisotopic (exact) mass is 805 g/mol. The number of hydrogen-bond acceptors (Lipinski definition) is 7. The Kier molecular flexibility index (Phi) is 13.0. The summed E-state index contributed by atoms with van der Waals surface area (Å²) in [6.07, 6.45) is 4.23. The smallest absolute Gasteiger partial charge is 0.341 e. The number of thiophene rings is 1. The molecular formula is C48H43N3O5S2. The number of fused-ring (bicyclic) bond motifs is 1. The van der Waals surface area contributed by atoms with Crippen LogP contribution in [0.15, 0.2) is 150 Å². The number of benzene rings is 5. The Hall–Kier alpha value is -6.23. The maximum atomic E-state index is 14.3. The average molecular weight is 806 g/mol. The largest absolute Gasteiger partial charge is 0.462 e. The maximum absolute atomic E-state index is 14.3. The predicted molar refractivity (Wildman–Crippen MR) is 234 cm³/mol. The van der Waals surface area contributed by atoms with Gasteiger partial charge in [0, 0.05) is 21.0 Å². The normalized spacial score (nSPS) is 14.1. The fraction of sp³-hybridized carbons (Fsp3) is 0.167. The molecule has 0 fully saturated rings. The molecule has 1 aliphatic rings. The molecule has 2 unspecified atom stereocenters. The third kappa shape index (κ3) is 9.82. The summed E-state index contributed by atoms with van der Waals surface area (Å²) in [7, 11) is 0. The molecule has 0 radical (unpaired) electrons. The molecule has 6 aromatic rings. The van der Waals surface area contributed by atoms with Gasteiger partial charge in [-0.1, -0.05) is 116 Å². The molecule has 0 bridgehead atoms. The maximum Gasteiger partial charge on any atom is 0.341 e. The van der Waals surface area contributed by atoms with Gasteiger partial charge in [0.15, 0.2) is 0 Å². The van der Waals surface area contributed by atoms with E-state index in [-0.39, 0.29) is 18.2 Å². The van der Waals surface area contributed by atoms with Crippen LogP contribution >= 0.6 is 23.1 Å². The first-order chi connectivity index (χ1) is 28.2. The van der Waals surface area contributed by atoms with E-state index in [0.717, 1.165) is 56.9 Å². The fourth-order valence-electron chi connectivity index (χ4n) is 6.83. The number of anilines is 2. The molecule has 2 atom stereocenters. The van der Waals surface area contributed by atoms with Crippen LogP contribution in [0.5, 0.6) is 0 Å². The molecule has 7 rings (SSSR count). The van der Waals surface area contributed by atoms with E-state index < -0.39 is 23.0 Å². The van der Waals surface area contributed by atoms with Gasteiger partial charge in [-0.2, -0.15) is 0 Å². The van der Waals surface area contributed by atoms with Crippen LogP contribution in [-0.4, -0.2) is 30.3 Å². The van der Waals surface area contributed by atoms with Crippen molar-refractivity contribution in [2.45, 2.75) is 43.3 Å². The Morgan fingerprint density at radius 2 is 1.48 bits per heavy atom. The van der Waals surface area contributed by atoms with E-state index in [0.29, 0.717) is 27.7 Å². The molecule has 0 saturated carbocycles. The first-order valence-electron chi connectivity index (χ1n) is 19.2. The van der Waals surface area contributed by atoms with Gasteiger partial charge in [-0.15, -0.1) is 23.1 Å². The van der Waals surface area contributed by atoms with Gasteiger partial charge in [0.25, 0.3) is 11.8 Å². The molecule has 3 amide bonds. The highest BCUT2D eigenvalue weighted by atomic mass is 32.2. The Morgan fingerprint density at radius 1 is 0.810 bits per heavy atom. The lowest BCUT2D eigenvalue weighted by atomic mass is 9.88. The van der Waals surface area contributed by atoms with Gasteiger partial charge in [0.05, 0.1) is 12.2 Å². The zero-order valence-corrected chi connectivity index (χ0v) is 33.8. The van der Waals surface area contributed by atoms with Crippen LogP contribution in [0.3, 0.4) is 0 Å². The molecule has 10 heteroatoms. The number of esters is 1. The molecule has 3 N–H and O–H groups in total. The molecule has 5 aromatic carbocycles. The van der Waals surface area contributed by atoms with Gasteiger partial charge in [-0.05, 0) is 96.3 Å². The lowest BCUT2D eigenvalue weighted by Gasteiger charge is -2.19. The van der Waals surface area contributed by atoms with Crippen molar-refractivity contribution in [2.75, 3.05) is 17.2 Å². The molecule has 1 aromatic heterocycles. The minimum Gasteiger partial charge on any atom is -0.462 e. The van der Waals surface area contributed by atoms with Crippen molar-refractivity contribution in [1.29, 1.82) is 0 Å².